The molecule has 1 N–H and O–H groups in total. The Morgan fingerprint density at radius 3 is 2.15 bits per heavy atom. The molecule has 1 aromatic rings. The summed E-state index contributed by atoms with van der Waals surface area (Å²) in [6.45, 7) is 8.47. The topological polar surface area (TPSA) is 69.7 Å². The van der Waals surface area contributed by atoms with Crippen LogP contribution in [0.3, 0.4) is 0 Å². The summed E-state index contributed by atoms with van der Waals surface area (Å²) in [6.07, 6.45) is 0. The van der Waals surface area contributed by atoms with Gasteiger partial charge in [-0.05, 0) is 31.0 Å². The van der Waals surface area contributed by atoms with E-state index in [2.05, 4.69) is 5.32 Å². The number of nitrogens with zero attached hydrogens (tertiary/aromatic N) is 2. The van der Waals surface area contributed by atoms with Crippen LogP contribution in [0.1, 0.15) is 38.1 Å². The van der Waals surface area contributed by atoms with Gasteiger partial charge in [0.25, 0.3) is 0 Å². The predicted molar refractivity (Wildman–Crippen MR) is 97.6 cm³/mol. The van der Waals surface area contributed by atoms with Crippen molar-refractivity contribution >= 4 is 23.3 Å². The lowest BCUT2D eigenvalue weighted by atomic mass is 10.0. The third-order valence-corrected chi connectivity index (χ3v) is 4.58. The normalized spacial score (nSPS) is 15.8. The molecule has 1 heterocycles. The van der Waals surface area contributed by atoms with Gasteiger partial charge in [0, 0.05) is 38.7 Å². The Morgan fingerprint density at radius 2 is 1.69 bits per heavy atom. The van der Waals surface area contributed by atoms with Crippen LogP contribution >= 0.6 is 0 Å². The predicted octanol–water partition coefficient (Wildman–Crippen LogP) is 1.84. The number of amides is 2. The maximum atomic E-state index is 14.3. The molecule has 0 bridgehead atoms. The van der Waals surface area contributed by atoms with Crippen LogP contribution in [0.5, 0.6) is 0 Å². The van der Waals surface area contributed by atoms with Crippen molar-refractivity contribution in [3.05, 3.63) is 29.6 Å². The van der Waals surface area contributed by atoms with E-state index >= 15 is 0 Å². The lowest BCUT2D eigenvalue weighted by Gasteiger charge is -2.38. The molecule has 0 radical (unpaired) electrons. The zero-order valence-electron chi connectivity index (χ0n) is 15.7. The minimum Gasteiger partial charge on any atom is -0.366 e. The molecule has 0 unspecified atom stereocenters. The zero-order chi connectivity index (χ0) is 19.4. The van der Waals surface area contributed by atoms with Gasteiger partial charge in [0.15, 0.2) is 5.78 Å². The average molecular weight is 363 g/mol. The van der Waals surface area contributed by atoms with Crippen molar-refractivity contribution in [3.8, 4) is 0 Å². The molecule has 1 aliphatic rings. The molecule has 1 saturated heterocycles. The maximum Gasteiger partial charge on any atom is 0.245 e. The Bertz CT molecular complexity index is 697. The summed E-state index contributed by atoms with van der Waals surface area (Å²) in [6, 6.07) is 3.92. The molecule has 2 rings (SSSR count). The number of nitrogens with one attached hydrogen (secondary N) is 1. The molecule has 7 heteroatoms. The zero-order valence-corrected chi connectivity index (χ0v) is 15.7. The SMILES string of the molecule is CC(=O)N[C@@H](C(=O)N1CCN(c2ccc(C(C)=O)cc2F)CC1)C(C)C. The standard InChI is InChI=1S/C19H26FN3O3/c1-12(2)18(21-14(4)25)19(26)23-9-7-22(8-10-23)17-6-5-15(13(3)24)11-16(17)20/h5-6,11-12,18H,7-10H2,1-4H3,(H,21,25)/t18-/m1/s1. The third kappa shape index (κ3) is 4.59. The second-order valence-electron chi connectivity index (χ2n) is 6.96. The molecule has 1 aliphatic heterocycles. The van der Waals surface area contributed by atoms with Gasteiger partial charge in [0.05, 0.1) is 5.69 Å². The first kappa shape index (κ1) is 19.9. The van der Waals surface area contributed by atoms with E-state index < -0.39 is 11.9 Å². The van der Waals surface area contributed by atoms with Crippen molar-refractivity contribution in [1.29, 1.82) is 0 Å². The number of hydrogen-bond donors (Lipinski definition) is 1. The Balaban J connectivity index is 2.03. The molecule has 0 aromatic heterocycles. The molecule has 1 aromatic carbocycles. The number of Topliss-reactive ketones (excluding diaryl/α,β-unsaturated/α-hetero) is 1. The molecule has 1 atom stereocenters. The second-order valence-corrected chi connectivity index (χ2v) is 6.96. The van der Waals surface area contributed by atoms with Gasteiger partial charge >= 0.3 is 0 Å². The number of piperazine rings is 1. The Morgan fingerprint density at radius 1 is 1.08 bits per heavy atom. The van der Waals surface area contributed by atoms with Gasteiger partial charge < -0.3 is 15.1 Å². The minimum absolute atomic E-state index is 0.0130. The van der Waals surface area contributed by atoms with E-state index in [-0.39, 0.29) is 23.5 Å². The van der Waals surface area contributed by atoms with Crippen molar-refractivity contribution < 1.29 is 18.8 Å². The van der Waals surface area contributed by atoms with Crippen LogP contribution in [-0.4, -0.2) is 54.7 Å². The molecular formula is C19H26FN3O3. The number of hydrogen-bond acceptors (Lipinski definition) is 4. The van der Waals surface area contributed by atoms with Crippen molar-refractivity contribution in [2.45, 2.75) is 33.7 Å². The number of benzene rings is 1. The van der Waals surface area contributed by atoms with Crippen LogP contribution in [0, 0.1) is 11.7 Å². The summed E-state index contributed by atoms with van der Waals surface area (Å²) in [7, 11) is 0. The van der Waals surface area contributed by atoms with Gasteiger partial charge in [-0.3, -0.25) is 14.4 Å². The smallest absolute Gasteiger partial charge is 0.245 e. The highest BCUT2D eigenvalue weighted by Crippen LogP contribution is 2.22. The largest absolute Gasteiger partial charge is 0.366 e. The molecule has 142 valence electrons. The maximum absolute atomic E-state index is 14.3. The van der Waals surface area contributed by atoms with E-state index in [4.69, 9.17) is 0 Å². The van der Waals surface area contributed by atoms with Crippen molar-refractivity contribution in [2.75, 3.05) is 31.1 Å². The highest BCUT2D eigenvalue weighted by Gasteiger charge is 2.30. The molecule has 0 spiro atoms. The molecule has 0 aliphatic carbocycles. The first-order valence-electron chi connectivity index (χ1n) is 8.82. The van der Waals surface area contributed by atoms with Crippen molar-refractivity contribution in [2.24, 2.45) is 5.92 Å². The van der Waals surface area contributed by atoms with E-state index in [1.807, 2.05) is 18.7 Å². The summed E-state index contributed by atoms with van der Waals surface area (Å²) in [5, 5.41) is 2.71. The first-order valence-corrected chi connectivity index (χ1v) is 8.82. The van der Waals surface area contributed by atoms with Gasteiger partial charge in [-0.1, -0.05) is 13.8 Å². The summed E-state index contributed by atoms with van der Waals surface area (Å²) in [5.74, 6) is -0.967. The van der Waals surface area contributed by atoms with Gasteiger partial charge in [-0.2, -0.15) is 0 Å². The fourth-order valence-electron chi connectivity index (χ4n) is 3.08. The van der Waals surface area contributed by atoms with Crippen LogP contribution in [0.2, 0.25) is 0 Å². The van der Waals surface area contributed by atoms with E-state index in [1.54, 1.807) is 17.0 Å². The molecule has 26 heavy (non-hydrogen) atoms. The summed E-state index contributed by atoms with van der Waals surface area (Å²) in [4.78, 5) is 38.9. The van der Waals surface area contributed by atoms with Gasteiger partial charge in [0.2, 0.25) is 11.8 Å². The number of carbonyl (C=O) groups excluding carboxylic acids is 3. The van der Waals surface area contributed by atoms with Crippen LogP contribution in [0.4, 0.5) is 10.1 Å². The highest BCUT2D eigenvalue weighted by molar-refractivity contribution is 5.94. The van der Waals surface area contributed by atoms with Crippen LogP contribution in [0.25, 0.3) is 0 Å². The van der Waals surface area contributed by atoms with Gasteiger partial charge in [0.1, 0.15) is 11.9 Å². The van der Waals surface area contributed by atoms with Gasteiger partial charge in [-0.15, -0.1) is 0 Å². The van der Waals surface area contributed by atoms with Gasteiger partial charge in [-0.25, -0.2) is 4.39 Å². The summed E-state index contributed by atoms with van der Waals surface area (Å²) < 4.78 is 14.3. The number of rotatable bonds is 5. The van der Waals surface area contributed by atoms with E-state index in [1.165, 1.54) is 19.9 Å². The Hall–Kier alpha value is -2.44. The summed E-state index contributed by atoms with van der Waals surface area (Å²) in [5.41, 5.74) is 0.777. The fraction of sp³-hybridized carbons (Fsp3) is 0.526. The molecule has 1 fully saturated rings. The van der Waals surface area contributed by atoms with Crippen LogP contribution < -0.4 is 10.2 Å². The number of anilines is 1. The lowest BCUT2D eigenvalue weighted by Crippen LogP contribution is -2.56. The average Bonchev–Trinajstić information content (AvgIpc) is 2.58. The van der Waals surface area contributed by atoms with Crippen molar-refractivity contribution in [3.63, 3.8) is 0 Å². The Labute approximate surface area is 153 Å². The lowest BCUT2D eigenvalue weighted by molar-refractivity contribution is -0.137. The van der Waals surface area contributed by atoms with Crippen LogP contribution in [-0.2, 0) is 9.59 Å². The monoisotopic (exact) mass is 363 g/mol. The van der Waals surface area contributed by atoms with E-state index in [0.29, 0.717) is 37.4 Å². The number of carbonyl (C=O) groups is 3. The molecule has 2 amide bonds. The third-order valence-electron chi connectivity index (χ3n) is 4.58. The number of halogens is 1. The fourth-order valence-corrected chi connectivity index (χ4v) is 3.08. The number of ketones is 1. The molecule has 0 saturated carbocycles. The van der Waals surface area contributed by atoms with Crippen LogP contribution in [0.15, 0.2) is 18.2 Å². The second kappa shape index (κ2) is 8.29. The van der Waals surface area contributed by atoms with E-state index in [9.17, 15) is 18.8 Å². The van der Waals surface area contributed by atoms with Crippen molar-refractivity contribution in [1.82, 2.24) is 10.2 Å². The minimum atomic E-state index is -0.550. The Kier molecular flexibility index (Phi) is 6.34. The molecular weight excluding hydrogens is 337 g/mol. The highest BCUT2D eigenvalue weighted by atomic mass is 19.1. The first-order chi connectivity index (χ1) is 12.2. The molecule has 6 nitrogen and oxygen atoms in total. The summed E-state index contributed by atoms with van der Waals surface area (Å²) >= 11 is 0. The van der Waals surface area contributed by atoms with E-state index in [0.717, 1.165) is 0 Å². The quantitative estimate of drug-likeness (QED) is 0.811.